The smallest absolute Gasteiger partial charge is 0.311 e. The fraction of sp³-hybridized carbons (Fsp3) is 0.188. The molecule has 0 aliphatic carbocycles. The lowest BCUT2D eigenvalue weighted by Crippen LogP contribution is -2.36. The lowest BCUT2D eigenvalue weighted by molar-refractivity contribution is -0.140. The Kier molecular flexibility index (Phi) is 3.39. The number of carbonyl (C=O) groups excluding carboxylic acids is 1. The van der Waals surface area contributed by atoms with Gasteiger partial charge in [0.05, 0.1) is 24.0 Å². The van der Waals surface area contributed by atoms with Gasteiger partial charge in [-0.25, -0.2) is 0 Å². The Labute approximate surface area is 121 Å². The first-order valence-corrected chi connectivity index (χ1v) is 6.57. The molecule has 1 aliphatic heterocycles. The number of hydrogen-bond acceptors (Lipinski definition) is 4. The highest BCUT2D eigenvalue weighted by Gasteiger charge is 2.39. The van der Waals surface area contributed by atoms with E-state index in [4.69, 9.17) is 4.74 Å². The second-order valence-corrected chi connectivity index (χ2v) is 4.88. The van der Waals surface area contributed by atoms with Crippen LogP contribution in [0.1, 0.15) is 21.8 Å². The highest BCUT2D eigenvalue weighted by atomic mass is 16.5. The molecule has 106 valence electrons. The number of pyridine rings is 1. The van der Waals surface area contributed by atoms with Crippen molar-refractivity contribution in [2.45, 2.75) is 5.92 Å². The maximum Gasteiger partial charge on any atom is 0.311 e. The molecule has 0 fully saturated rings. The SMILES string of the molecule is O=C1c2ccccc2OCC1C(C(=O)O)c1cccnc1. The van der Waals surface area contributed by atoms with Crippen LogP contribution in [0.5, 0.6) is 5.75 Å². The molecule has 3 rings (SSSR count). The standard InChI is InChI=1S/C16H13NO4/c18-15-11-5-1-2-6-13(11)21-9-12(15)14(16(19)20)10-4-3-7-17-8-10/h1-8,12,14H,9H2,(H,19,20). The molecule has 5 heteroatoms. The van der Waals surface area contributed by atoms with Gasteiger partial charge in [-0.3, -0.25) is 14.6 Å². The maximum absolute atomic E-state index is 12.6. The summed E-state index contributed by atoms with van der Waals surface area (Å²) in [5.41, 5.74) is 0.940. The molecule has 1 N–H and O–H groups in total. The van der Waals surface area contributed by atoms with Gasteiger partial charge < -0.3 is 9.84 Å². The molecule has 2 heterocycles. The van der Waals surface area contributed by atoms with Crippen molar-refractivity contribution in [2.24, 2.45) is 5.92 Å². The topological polar surface area (TPSA) is 76.5 Å². The number of ether oxygens (including phenoxy) is 1. The minimum absolute atomic E-state index is 0.0572. The van der Waals surface area contributed by atoms with Crippen LogP contribution < -0.4 is 4.74 Å². The summed E-state index contributed by atoms with van der Waals surface area (Å²) in [6.45, 7) is 0.0572. The van der Waals surface area contributed by atoms with E-state index >= 15 is 0 Å². The number of aliphatic carboxylic acids is 1. The van der Waals surface area contributed by atoms with E-state index in [9.17, 15) is 14.7 Å². The molecule has 0 saturated carbocycles. The summed E-state index contributed by atoms with van der Waals surface area (Å²) < 4.78 is 5.55. The molecule has 0 radical (unpaired) electrons. The third kappa shape index (κ3) is 2.38. The van der Waals surface area contributed by atoms with Crippen molar-refractivity contribution in [3.63, 3.8) is 0 Å². The summed E-state index contributed by atoms with van der Waals surface area (Å²) in [4.78, 5) is 28.1. The van der Waals surface area contributed by atoms with Gasteiger partial charge in [0.15, 0.2) is 5.78 Å². The first kappa shape index (κ1) is 13.3. The summed E-state index contributed by atoms with van der Waals surface area (Å²) in [5.74, 6) is -2.45. The molecular formula is C16H13NO4. The van der Waals surface area contributed by atoms with Crippen LogP contribution in [0.2, 0.25) is 0 Å². The number of carboxylic acid groups (broad SMARTS) is 1. The number of nitrogens with zero attached hydrogens (tertiary/aromatic N) is 1. The normalized spacial score (nSPS) is 18.5. The average Bonchev–Trinajstić information content (AvgIpc) is 2.51. The van der Waals surface area contributed by atoms with Gasteiger partial charge in [-0.1, -0.05) is 18.2 Å². The Hall–Kier alpha value is -2.69. The molecule has 2 atom stereocenters. The van der Waals surface area contributed by atoms with E-state index in [-0.39, 0.29) is 12.4 Å². The van der Waals surface area contributed by atoms with Gasteiger partial charge in [0.1, 0.15) is 5.75 Å². The monoisotopic (exact) mass is 283 g/mol. The average molecular weight is 283 g/mol. The molecule has 1 aromatic carbocycles. The fourth-order valence-electron chi connectivity index (χ4n) is 2.61. The van der Waals surface area contributed by atoms with E-state index in [0.717, 1.165) is 0 Å². The molecule has 2 aromatic rings. The van der Waals surface area contributed by atoms with Crippen LogP contribution in [-0.4, -0.2) is 28.4 Å². The van der Waals surface area contributed by atoms with Crippen LogP contribution in [0.3, 0.4) is 0 Å². The van der Waals surface area contributed by atoms with Crippen molar-refractivity contribution < 1.29 is 19.4 Å². The van der Waals surface area contributed by atoms with Gasteiger partial charge in [-0.05, 0) is 23.8 Å². The lowest BCUT2D eigenvalue weighted by atomic mass is 9.81. The summed E-state index contributed by atoms with van der Waals surface area (Å²) in [6.07, 6.45) is 3.05. The summed E-state index contributed by atoms with van der Waals surface area (Å²) in [6, 6.07) is 10.2. The molecule has 21 heavy (non-hydrogen) atoms. The molecule has 0 amide bonds. The number of benzene rings is 1. The predicted molar refractivity (Wildman–Crippen MR) is 74.4 cm³/mol. The number of carbonyl (C=O) groups is 2. The highest BCUT2D eigenvalue weighted by molar-refractivity contribution is 6.04. The second kappa shape index (κ2) is 5.36. The minimum atomic E-state index is -1.05. The van der Waals surface area contributed by atoms with Gasteiger partial charge in [-0.2, -0.15) is 0 Å². The quantitative estimate of drug-likeness (QED) is 0.934. The van der Waals surface area contributed by atoms with Gasteiger partial charge in [-0.15, -0.1) is 0 Å². The van der Waals surface area contributed by atoms with Crippen LogP contribution in [0.25, 0.3) is 0 Å². The number of ketones is 1. The molecular weight excluding hydrogens is 270 g/mol. The molecule has 2 unspecified atom stereocenters. The minimum Gasteiger partial charge on any atom is -0.492 e. The number of rotatable bonds is 3. The fourth-order valence-corrected chi connectivity index (χ4v) is 2.61. The van der Waals surface area contributed by atoms with Crippen LogP contribution in [0.4, 0.5) is 0 Å². The van der Waals surface area contributed by atoms with Gasteiger partial charge in [0.25, 0.3) is 0 Å². The van der Waals surface area contributed by atoms with E-state index < -0.39 is 17.8 Å². The summed E-state index contributed by atoms with van der Waals surface area (Å²) in [7, 11) is 0. The van der Waals surface area contributed by atoms with Crippen molar-refractivity contribution in [1.29, 1.82) is 0 Å². The highest BCUT2D eigenvalue weighted by Crippen LogP contribution is 2.34. The van der Waals surface area contributed by atoms with Crippen molar-refractivity contribution in [2.75, 3.05) is 6.61 Å². The van der Waals surface area contributed by atoms with Gasteiger partial charge in [0, 0.05) is 12.4 Å². The lowest BCUT2D eigenvalue weighted by Gasteiger charge is -2.28. The van der Waals surface area contributed by atoms with Crippen molar-refractivity contribution in [3.8, 4) is 5.75 Å². The Balaban J connectivity index is 1.99. The van der Waals surface area contributed by atoms with Crippen molar-refractivity contribution in [1.82, 2.24) is 4.98 Å². The zero-order chi connectivity index (χ0) is 14.8. The first-order valence-electron chi connectivity index (χ1n) is 6.57. The summed E-state index contributed by atoms with van der Waals surface area (Å²) >= 11 is 0. The Morgan fingerprint density at radius 3 is 2.81 bits per heavy atom. The van der Waals surface area contributed by atoms with Crippen molar-refractivity contribution in [3.05, 3.63) is 59.9 Å². The Morgan fingerprint density at radius 2 is 2.10 bits per heavy atom. The van der Waals surface area contributed by atoms with Crippen LogP contribution in [-0.2, 0) is 4.79 Å². The molecule has 1 aliphatic rings. The molecule has 0 bridgehead atoms. The third-order valence-corrected chi connectivity index (χ3v) is 3.62. The van der Waals surface area contributed by atoms with Crippen LogP contribution in [0.15, 0.2) is 48.8 Å². The van der Waals surface area contributed by atoms with E-state index in [1.165, 1.54) is 6.20 Å². The molecule has 0 spiro atoms. The van der Waals surface area contributed by atoms with E-state index in [1.54, 1.807) is 42.6 Å². The zero-order valence-corrected chi connectivity index (χ0v) is 11.1. The molecule has 0 saturated heterocycles. The Morgan fingerprint density at radius 1 is 1.29 bits per heavy atom. The van der Waals surface area contributed by atoms with Crippen LogP contribution in [0, 0.1) is 5.92 Å². The number of fused-ring (bicyclic) bond motifs is 1. The number of carboxylic acids is 1. The zero-order valence-electron chi connectivity index (χ0n) is 11.1. The Bertz CT molecular complexity index is 684. The van der Waals surface area contributed by atoms with Crippen molar-refractivity contribution >= 4 is 11.8 Å². The molecule has 1 aromatic heterocycles. The third-order valence-electron chi connectivity index (χ3n) is 3.62. The van der Waals surface area contributed by atoms with E-state index in [0.29, 0.717) is 16.9 Å². The largest absolute Gasteiger partial charge is 0.492 e. The van der Waals surface area contributed by atoms with E-state index in [1.807, 2.05) is 0 Å². The number of para-hydroxylation sites is 1. The first-order chi connectivity index (χ1) is 10.2. The van der Waals surface area contributed by atoms with Crippen LogP contribution >= 0.6 is 0 Å². The number of hydrogen-bond donors (Lipinski definition) is 1. The predicted octanol–water partition coefficient (Wildman–Crippen LogP) is 2.14. The summed E-state index contributed by atoms with van der Waals surface area (Å²) in [5, 5.41) is 9.51. The van der Waals surface area contributed by atoms with Gasteiger partial charge >= 0.3 is 5.97 Å². The van der Waals surface area contributed by atoms with E-state index in [2.05, 4.69) is 4.98 Å². The second-order valence-electron chi connectivity index (χ2n) is 4.88. The number of Topliss-reactive ketones (excluding diaryl/α,β-unsaturated/α-hetero) is 1. The van der Waals surface area contributed by atoms with Gasteiger partial charge in [0.2, 0.25) is 0 Å². The maximum atomic E-state index is 12.6. The molecule has 5 nitrogen and oxygen atoms in total. The number of aromatic nitrogens is 1.